The van der Waals surface area contributed by atoms with Gasteiger partial charge in [0.1, 0.15) is 11.8 Å². The standard InChI is InChI=1S/C11H23NO.C9H11NO3/c1-2-3-4-5-6-7-8-9-10-12-11-13;10-8(9(12)13)5-6-1-3-7(11)4-2-6/h11H,2-10H2,1H3,(H,12,13);1-4,8,11H,5,10H2,(H,12,13)/t;8-/m.0/s1. The molecule has 1 rings (SSSR count). The summed E-state index contributed by atoms with van der Waals surface area (Å²) in [6, 6.07) is 5.42. The van der Waals surface area contributed by atoms with E-state index < -0.39 is 12.0 Å². The molecule has 0 saturated heterocycles. The van der Waals surface area contributed by atoms with Crippen LogP contribution in [0.2, 0.25) is 0 Å². The Morgan fingerprint density at radius 2 is 1.62 bits per heavy atom. The Hall–Kier alpha value is -2.08. The number of aliphatic carboxylic acids is 1. The van der Waals surface area contributed by atoms with Crippen molar-refractivity contribution in [3.05, 3.63) is 29.8 Å². The van der Waals surface area contributed by atoms with E-state index in [0.29, 0.717) is 0 Å². The molecule has 0 aliphatic heterocycles. The minimum Gasteiger partial charge on any atom is -0.508 e. The summed E-state index contributed by atoms with van der Waals surface area (Å²) in [5.74, 6) is -0.860. The number of nitrogens with one attached hydrogen (secondary N) is 1. The molecule has 0 bridgehead atoms. The number of phenols is 1. The minimum absolute atomic E-state index is 0.160. The quantitative estimate of drug-likeness (QED) is 0.316. The molecule has 0 unspecified atom stereocenters. The van der Waals surface area contributed by atoms with Gasteiger partial charge in [-0.2, -0.15) is 0 Å². The van der Waals surface area contributed by atoms with Crippen LogP contribution >= 0.6 is 0 Å². The fraction of sp³-hybridized carbons (Fsp3) is 0.600. The van der Waals surface area contributed by atoms with E-state index >= 15 is 0 Å². The molecule has 0 heterocycles. The van der Waals surface area contributed by atoms with Gasteiger partial charge in [-0.15, -0.1) is 0 Å². The molecular weight excluding hydrogens is 332 g/mol. The van der Waals surface area contributed by atoms with E-state index in [0.717, 1.165) is 24.9 Å². The lowest BCUT2D eigenvalue weighted by atomic mass is 10.1. The van der Waals surface area contributed by atoms with Crippen molar-refractivity contribution in [1.29, 1.82) is 0 Å². The third kappa shape index (κ3) is 14.3. The summed E-state index contributed by atoms with van der Waals surface area (Å²) in [6.45, 7) is 3.09. The van der Waals surface area contributed by atoms with Crippen molar-refractivity contribution in [3.8, 4) is 5.75 Å². The molecule has 6 heteroatoms. The van der Waals surface area contributed by atoms with Gasteiger partial charge in [-0.05, 0) is 30.5 Å². The molecule has 0 aliphatic rings. The van der Waals surface area contributed by atoms with Gasteiger partial charge in [-0.25, -0.2) is 0 Å². The van der Waals surface area contributed by atoms with Crippen LogP contribution in [0.25, 0.3) is 0 Å². The number of unbranched alkanes of at least 4 members (excludes halogenated alkanes) is 7. The molecule has 1 aromatic rings. The number of nitrogens with two attached hydrogens (primary N) is 1. The maximum atomic E-state index is 10.4. The van der Waals surface area contributed by atoms with Crippen LogP contribution in [0, 0.1) is 0 Å². The van der Waals surface area contributed by atoms with E-state index in [9.17, 15) is 9.59 Å². The zero-order valence-corrected chi connectivity index (χ0v) is 15.8. The van der Waals surface area contributed by atoms with E-state index in [1.54, 1.807) is 12.1 Å². The number of benzene rings is 1. The number of carboxylic acid groups (broad SMARTS) is 1. The van der Waals surface area contributed by atoms with Crippen molar-refractivity contribution in [2.75, 3.05) is 6.54 Å². The van der Waals surface area contributed by atoms with E-state index in [2.05, 4.69) is 12.2 Å². The van der Waals surface area contributed by atoms with Gasteiger partial charge in [0, 0.05) is 6.54 Å². The predicted octanol–water partition coefficient (Wildman–Crippen LogP) is 3.22. The van der Waals surface area contributed by atoms with Crippen LogP contribution in [0.4, 0.5) is 0 Å². The highest BCUT2D eigenvalue weighted by molar-refractivity contribution is 5.73. The summed E-state index contributed by atoms with van der Waals surface area (Å²) in [7, 11) is 0. The van der Waals surface area contributed by atoms with Crippen LogP contribution in [0.15, 0.2) is 24.3 Å². The van der Waals surface area contributed by atoms with E-state index in [1.165, 1.54) is 57.1 Å². The Morgan fingerprint density at radius 1 is 1.08 bits per heavy atom. The number of phenolic OH excluding ortho intramolecular Hbond substituents is 1. The van der Waals surface area contributed by atoms with Crippen molar-refractivity contribution in [2.24, 2.45) is 5.73 Å². The minimum atomic E-state index is -1.02. The van der Waals surface area contributed by atoms with E-state index in [4.69, 9.17) is 15.9 Å². The highest BCUT2D eigenvalue weighted by atomic mass is 16.4. The van der Waals surface area contributed by atoms with Crippen molar-refractivity contribution in [2.45, 2.75) is 70.8 Å². The van der Waals surface area contributed by atoms with Gasteiger partial charge in [0.25, 0.3) is 0 Å². The van der Waals surface area contributed by atoms with Gasteiger partial charge in [-0.3, -0.25) is 9.59 Å². The number of aromatic hydroxyl groups is 1. The lowest BCUT2D eigenvalue weighted by molar-refractivity contribution is -0.138. The Bertz CT molecular complexity index is 477. The van der Waals surface area contributed by atoms with Crippen molar-refractivity contribution in [3.63, 3.8) is 0 Å². The topological polar surface area (TPSA) is 113 Å². The van der Waals surface area contributed by atoms with Crippen LogP contribution in [0.3, 0.4) is 0 Å². The molecule has 0 saturated carbocycles. The number of hydrogen-bond acceptors (Lipinski definition) is 4. The lowest BCUT2D eigenvalue weighted by Gasteiger charge is -2.05. The van der Waals surface area contributed by atoms with Crippen molar-refractivity contribution < 1.29 is 19.8 Å². The van der Waals surface area contributed by atoms with Crippen LogP contribution in [-0.2, 0) is 16.0 Å². The molecule has 0 fully saturated rings. The number of amides is 1. The first-order chi connectivity index (χ1) is 12.5. The molecule has 0 aliphatic carbocycles. The molecule has 6 nitrogen and oxygen atoms in total. The third-order valence-electron chi connectivity index (χ3n) is 3.97. The monoisotopic (exact) mass is 366 g/mol. The smallest absolute Gasteiger partial charge is 0.320 e. The Morgan fingerprint density at radius 3 is 2.12 bits per heavy atom. The maximum Gasteiger partial charge on any atom is 0.320 e. The first-order valence-electron chi connectivity index (χ1n) is 9.44. The van der Waals surface area contributed by atoms with E-state index in [-0.39, 0.29) is 12.2 Å². The van der Waals surface area contributed by atoms with Crippen molar-refractivity contribution in [1.82, 2.24) is 5.32 Å². The second-order valence-corrected chi connectivity index (χ2v) is 6.36. The molecule has 148 valence electrons. The molecule has 0 radical (unpaired) electrons. The summed E-state index contributed by atoms with van der Waals surface area (Å²) < 4.78 is 0. The third-order valence-corrected chi connectivity index (χ3v) is 3.97. The van der Waals surface area contributed by atoms with E-state index in [1.807, 2.05) is 0 Å². The number of carboxylic acids is 1. The predicted molar refractivity (Wildman–Crippen MR) is 104 cm³/mol. The first-order valence-corrected chi connectivity index (χ1v) is 9.44. The molecular formula is C20H34N2O4. The number of rotatable bonds is 13. The average Bonchev–Trinajstić information content (AvgIpc) is 2.63. The van der Waals surface area contributed by atoms with Gasteiger partial charge in [0.2, 0.25) is 6.41 Å². The normalized spacial score (nSPS) is 11.2. The molecule has 5 N–H and O–H groups in total. The number of carbonyl (C=O) groups excluding carboxylic acids is 1. The highest BCUT2D eigenvalue weighted by Gasteiger charge is 2.11. The van der Waals surface area contributed by atoms with Gasteiger partial charge < -0.3 is 21.3 Å². The SMILES string of the molecule is CCCCCCCCCCNC=O.N[C@@H](Cc1ccc(O)cc1)C(=O)O. The zero-order chi connectivity index (χ0) is 19.6. The van der Waals surface area contributed by atoms with Gasteiger partial charge in [-0.1, -0.05) is 64.0 Å². The number of carbonyl (C=O) groups is 2. The molecule has 0 spiro atoms. The highest BCUT2D eigenvalue weighted by Crippen LogP contribution is 2.10. The van der Waals surface area contributed by atoms with Crippen molar-refractivity contribution >= 4 is 12.4 Å². The molecule has 1 atom stereocenters. The van der Waals surface area contributed by atoms with Gasteiger partial charge in [0.15, 0.2) is 0 Å². The van der Waals surface area contributed by atoms with Crippen LogP contribution in [0.5, 0.6) is 5.75 Å². The van der Waals surface area contributed by atoms with Gasteiger partial charge in [0.05, 0.1) is 0 Å². The largest absolute Gasteiger partial charge is 0.508 e. The summed E-state index contributed by atoms with van der Waals surface area (Å²) in [5.41, 5.74) is 6.12. The summed E-state index contributed by atoms with van der Waals surface area (Å²) in [5, 5.41) is 20.2. The fourth-order valence-electron chi connectivity index (χ4n) is 2.39. The van der Waals surface area contributed by atoms with Gasteiger partial charge >= 0.3 is 5.97 Å². The molecule has 1 aromatic carbocycles. The fourth-order valence-corrected chi connectivity index (χ4v) is 2.39. The second kappa shape index (κ2) is 16.4. The Kier molecular flexibility index (Phi) is 15.1. The van der Waals surface area contributed by atoms with Crippen LogP contribution in [-0.4, -0.2) is 35.2 Å². The summed E-state index contributed by atoms with van der Waals surface area (Å²) in [4.78, 5) is 20.3. The Labute approximate surface area is 156 Å². The summed E-state index contributed by atoms with van der Waals surface area (Å²) >= 11 is 0. The molecule has 0 aromatic heterocycles. The first kappa shape index (κ1) is 23.9. The van der Waals surface area contributed by atoms with Crippen LogP contribution in [0.1, 0.15) is 63.9 Å². The van der Waals surface area contributed by atoms with Crippen LogP contribution < -0.4 is 11.1 Å². The average molecular weight is 367 g/mol. The number of hydrogen-bond donors (Lipinski definition) is 4. The maximum absolute atomic E-state index is 10.4. The zero-order valence-electron chi connectivity index (χ0n) is 15.8. The molecule has 1 amide bonds. The molecule has 26 heavy (non-hydrogen) atoms. The summed E-state index contributed by atoms with van der Waals surface area (Å²) in [6.07, 6.45) is 11.6. The second-order valence-electron chi connectivity index (χ2n) is 6.36. The Balaban J connectivity index is 0.000000481. The lowest BCUT2D eigenvalue weighted by Crippen LogP contribution is -2.32.